The summed E-state index contributed by atoms with van der Waals surface area (Å²) in [6.45, 7) is 9.18. The molecule has 0 unspecified atom stereocenters. The molecule has 0 fully saturated rings. The highest BCUT2D eigenvalue weighted by Gasteiger charge is 2.16. The molecule has 3 aromatic rings. The molecule has 0 atom stereocenters. The fourth-order valence-corrected chi connectivity index (χ4v) is 3.22. The highest BCUT2D eigenvalue weighted by atomic mass is 16.6. The van der Waals surface area contributed by atoms with Crippen LogP contribution in [0.1, 0.15) is 46.4 Å². The van der Waals surface area contributed by atoms with Gasteiger partial charge in [-0.05, 0) is 39.7 Å². The Balaban J connectivity index is 1.68. The number of ether oxygens (including phenoxy) is 1. The van der Waals surface area contributed by atoms with Crippen LogP contribution in [-0.4, -0.2) is 32.8 Å². The summed E-state index contributed by atoms with van der Waals surface area (Å²) in [6, 6.07) is 8.18. The van der Waals surface area contributed by atoms with Crippen molar-refractivity contribution in [3.8, 4) is 0 Å². The van der Waals surface area contributed by atoms with Gasteiger partial charge in [0.15, 0.2) is 0 Å². The minimum atomic E-state index is -0.467. The molecule has 1 amide bonds. The van der Waals surface area contributed by atoms with Gasteiger partial charge in [0.2, 0.25) is 0 Å². The topological polar surface area (TPSA) is 69.0 Å². The zero-order chi connectivity index (χ0) is 19.4. The lowest BCUT2D eigenvalue weighted by molar-refractivity contribution is 0.0527. The third kappa shape index (κ3) is 4.56. The lowest BCUT2D eigenvalue weighted by Crippen LogP contribution is -2.33. The molecule has 2 heterocycles. The van der Waals surface area contributed by atoms with Crippen LogP contribution in [0.2, 0.25) is 0 Å². The maximum absolute atomic E-state index is 11.7. The standard InChI is InChI=1S/C21H28N4O2/c1-5-18-24-17-14-23-16-11-7-6-10-15(16)19(17)25(18)13-9-8-12-22-20(26)27-21(2,3)4/h6-7,10-11,14H,5,8-9,12-13H2,1-4H3,(H,22,26). The molecule has 0 saturated heterocycles. The largest absolute Gasteiger partial charge is 0.444 e. The lowest BCUT2D eigenvalue weighted by Gasteiger charge is -2.19. The van der Waals surface area contributed by atoms with Gasteiger partial charge in [-0.15, -0.1) is 0 Å². The van der Waals surface area contributed by atoms with E-state index in [4.69, 9.17) is 9.72 Å². The minimum Gasteiger partial charge on any atom is -0.444 e. The number of carbonyl (C=O) groups is 1. The van der Waals surface area contributed by atoms with Gasteiger partial charge in [-0.25, -0.2) is 9.78 Å². The lowest BCUT2D eigenvalue weighted by atomic mass is 10.2. The average Bonchev–Trinajstić information content (AvgIpc) is 2.98. The van der Waals surface area contributed by atoms with Crippen molar-refractivity contribution < 1.29 is 9.53 Å². The Morgan fingerprint density at radius 3 is 2.70 bits per heavy atom. The first-order valence-electron chi connectivity index (χ1n) is 9.59. The van der Waals surface area contributed by atoms with Crippen LogP contribution in [0, 0.1) is 0 Å². The average molecular weight is 368 g/mol. The smallest absolute Gasteiger partial charge is 0.407 e. The van der Waals surface area contributed by atoms with Crippen LogP contribution in [0.3, 0.4) is 0 Å². The molecule has 0 aliphatic rings. The Labute approximate surface area is 159 Å². The van der Waals surface area contributed by atoms with Crippen LogP contribution in [0.5, 0.6) is 0 Å². The van der Waals surface area contributed by atoms with E-state index in [0.29, 0.717) is 6.54 Å². The normalized spacial score (nSPS) is 11.9. The van der Waals surface area contributed by atoms with Crippen LogP contribution < -0.4 is 5.32 Å². The second-order valence-electron chi connectivity index (χ2n) is 7.68. The summed E-state index contributed by atoms with van der Waals surface area (Å²) in [4.78, 5) is 21.0. The van der Waals surface area contributed by atoms with Crippen molar-refractivity contribution in [1.29, 1.82) is 0 Å². The van der Waals surface area contributed by atoms with Gasteiger partial charge < -0.3 is 14.6 Å². The Bertz CT molecular complexity index is 940. The third-order valence-corrected chi connectivity index (χ3v) is 4.35. The number of para-hydroxylation sites is 1. The quantitative estimate of drug-likeness (QED) is 0.653. The SMILES string of the molecule is CCc1nc2cnc3ccccc3c2n1CCCCNC(=O)OC(C)(C)C. The summed E-state index contributed by atoms with van der Waals surface area (Å²) in [5.74, 6) is 1.07. The van der Waals surface area contributed by atoms with Gasteiger partial charge in [-0.1, -0.05) is 25.1 Å². The number of hydrogen-bond acceptors (Lipinski definition) is 4. The molecule has 6 heteroatoms. The molecule has 0 radical (unpaired) electrons. The Kier molecular flexibility index (Phi) is 5.63. The van der Waals surface area contributed by atoms with E-state index < -0.39 is 5.60 Å². The first-order chi connectivity index (χ1) is 12.9. The van der Waals surface area contributed by atoms with E-state index in [9.17, 15) is 4.79 Å². The zero-order valence-corrected chi connectivity index (χ0v) is 16.6. The fourth-order valence-electron chi connectivity index (χ4n) is 3.22. The maximum atomic E-state index is 11.7. The van der Waals surface area contributed by atoms with E-state index in [-0.39, 0.29) is 6.09 Å². The summed E-state index contributed by atoms with van der Waals surface area (Å²) >= 11 is 0. The molecular weight excluding hydrogens is 340 g/mol. The third-order valence-electron chi connectivity index (χ3n) is 4.35. The van der Waals surface area contributed by atoms with Gasteiger partial charge in [0, 0.05) is 24.9 Å². The number of alkyl carbamates (subject to hydrolysis) is 1. The number of pyridine rings is 1. The number of nitrogens with zero attached hydrogens (tertiary/aromatic N) is 3. The molecule has 0 aliphatic carbocycles. The van der Waals surface area contributed by atoms with Gasteiger partial charge in [0.25, 0.3) is 0 Å². The van der Waals surface area contributed by atoms with E-state index in [2.05, 4.69) is 27.9 Å². The molecule has 1 N–H and O–H groups in total. The number of fused-ring (bicyclic) bond motifs is 3. The maximum Gasteiger partial charge on any atom is 0.407 e. The summed E-state index contributed by atoms with van der Waals surface area (Å²) < 4.78 is 7.56. The summed E-state index contributed by atoms with van der Waals surface area (Å²) in [5, 5.41) is 3.95. The monoisotopic (exact) mass is 368 g/mol. The van der Waals surface area contributed by atoms with Crippen LogP contribution in [0.15, 0.2) is 30.5 Å². The van der Waals surface area contributed by atoms with Crippen molar-refractivity contribution in [2.75, 3.05) is 6.54 Å². The molecule has 27 heavy (non-hydrogen) atoms. The first kappa shape index (κ1) is 19.1. The number of amides is 1. The number of unbranched alkanes of at least 4 members (excludes halogenated alkanes) is 1. The Hall–Kier alpha value is -2.63. The van der Waals surface area contributed by atoms with E-state index >= 15 is 0 Å². The molecule has 2 aromatic heterocycles. The van der Waals surface area contributed by atoms with E-state index in [1.807, 2.05) is 45.2 Å². The fraction of sp³-hybridized carbons (Fsp3) is 0.476. The number of rotatable bonds is 6. The predicted octanol–water partition coefficient (Wildman–Crippen LogP) is 4.45. The number of imidazole rings is 1. The van der Waals surface area contributed by atoms with Crippen molar-refractivity contribution in [3.05, 3.63) is 36.3 Å². The predicted molar refractivity (Wildman–Crippen MR) is 108 cm³/mol. The van der Waals surface area contributed by atoms with Crippen LogP contribution in [0.4, 0.5) is 4.79 Å². The molecule has 1 aromatic carbocycles. The van der Waals surface area contributed by atoms with Crippen molar-refractivity contribution in [2.24, 2.45) is 0 Å². The summed E-state index contributed by atoms with van der Waals surface area (Å²) in [5.41, 5.74) is 2.61. The van der Waals surface area contributed by atoms with Gasteiger partial charge in [-0.3, -0.25) is 4.98 Å². The Morgan fingerprint density at radius 1 is 1.19 bits per heavy atom. The molecule has 0 aliphatic heterocycles. The van der Waals surface area contributed by atoms with Crippen LogP contribution in [0.25, 0.3) is 21.9 Å². The van der Waals surface area contributed by atoms with Gasteiger partial charge >= 0.3 is 6.09 Å². The molecule has 0 saturated carbocycles. The van der Waals surface area contributed by atoms with Crippen LogP contribution >= 0.6 is 0 Å². The van der Waals surface area contributed by atoms with Gasteiger partial charge in [0.05, 0.1) is 17.2 Å². The number of nitrogens with one attached hydrogen (secondary N) is 1. The molecular formula is C21H28N4O2. The van der Waals surface area contributed by atoms with Crippen molar-refractivity contribution in [2.45, 2.75) is 59.1 Å². The first-order valence-corrected chi connectivity index (χ1v) is 9.59. The van der Waals surface area contributed by atoms with E-state index in [1.54, 1.807) is 0 Å². The number of benzene rings is 1. The molecule has 6 nitrogen and oxygen atoms in total. The van der Waals surface area contributed by atoms with E-state index in [0.717, 1.165) is 53.6 Å². The number of aromatic nitrogens is 3. The summed E-state index contributed by atoms with van der Waals surface area (Å²) in [6.07, 6.45) is 4.20. The van der Waals surface area contributed by atoms with Crippen LogP contribution in [-0.2, 0) is 17.7 Å². The highest BCUT2D eigenvalue weighted by Crippen LogP contribution is 2.25. The summed E-state index contributed by atoms with van der Waals surface area (Å²) in [7, 11) is 0. The molecule has 0 bridgehead atoms. The van der Waals surface area contributed by atoms with Crippen molar-refractivity contribution in [1.82, 2.24) is 19.9 Å². The van der Waals surface area contributed by atoms with Crippen molar-refractivity contribution >= 4 is 28.0 Å². The second kappa shape index (κ2) is 7.94. The molecule has 144 valence electrons. The molecule has 0 spiro atoms. The van der Waals surface area contributed by atoms with E-state index in [1.165, 1.54) is 0 Å². The second-order valence-corrected chi connectivity index (χ2v) is 7.68. The number of carbonyl (C=O) groups excluding carboxylic acids is 1. The number of aryl methyl sites for hydroxylation is 2. The van der Waals surface area contributed by atoms with Gasteiger partial charge in [-0.2, -0.15) is 0 Å². The minimum absolute atomic E-state index is 0.359. The highest BCUT2D eigenvalue weighted by molar-refractivity contribution is 6.02. The zero-order valence-electron chi connectivity index (χ0n) is 16.6. The molecule has 3 rings (SSSR count). The number of hydrogen-bond donors (Lipinski definition) is 1. The van der Waals surface area contributed by atoms with Gasteiger partial charge in [0.1, 0.15) is 16.9 Å². The van der Waals surface area contributed by atoms with Crippen molar-refractivity contribution in [3.63, 3.8) is 0 Å². The Morgan fingerprint density at radius 2 is 1.96 bits per heavy atom.